The van der Waals surface area contributed by atoms with Crippen molar-refractivity contribution < 1.29 is 9.53 Å². The van der Waals surface area contributed by atoms with Gasteiger partial charge in [0.05, 0.1) is 13.2 Å². The summed E-state index contributed by atoms with van der Waals surface area (Å²) in [4.78, 5) is 16.9. The van der Waals surface area contributed by atoms with Crippen LogP contribution >= 0.6 is 0 Å². The summed E-state index contributed by atoms with van der Waals surface area (Å²) in [5.41, 5.74) is 0. The van der Waals surface area contributed by atoms with E-state index < -0.39 is 0 Å². The lowest BCUT2D eigenvalue weighted by molar-refractivity contribution is 0.0334. The summed E-state index contributed by atoms with van der Waals surface area (Å²) in [6, 6.07) is 1.60. The van der Waals surface area contributed by atoms with E-state index in [9.17, 15) is 4.79 Å². The molecule has 0 bridgehead atoms. The van der Waals surface area contributed by atoms with Crippen molar-refractivity contribution in [2.75, 3.05) is 45.9 Å². The summed E-state index contributed by atoms with van der Waals surface area (Å²) in [6.07, 6.45) is 8.28. The minimum atomic E-state index is 0.159. The zero-order valence-electron chi connectivity index (χ0n) is 15.8. The highest BCUT2D eigenvalue weighted by Gasteiger charge is 2.26. The molecule has 2 saturated heterocycles. The first-order chi connectivity index (χ1) is 12.2. The summed E-state index contributed by atoms with van der Waals surface area (Å²) in [7, 11) is 0. The van der Waals surface area contributed by atoms with Gasteiger partial charge in [0.2, 0.25) is 0 Å². The lowest BCUT2D eigenvalue weighted by atomic mass is 9.95. The molecule has 3 aliphatic rings. The lowest BCUT2D eigenvalue weighted by Crippen LogP contribution is -2.53. The van der Waals surface area contributed by atoms with Gasteiger partial charge in [-0.3, -0.25) is 4.90 Å². The van der Waals surface area contributed by atoms with Crippen molar-refractivity contribution in [3.05, 3.63) is 0 Å². The molecule has 1 saturated carbocycles. The topological polar surface area (TPSA) is 56.8 Å². The number of urea groups is 1. The zero-order valence-corrected chi connectivity index (χ0v) is 15.8. The summed E-state index contributed by atoms with van der Waals surface area (Å²) in [5.74, 6) is 0. The van der Waals surface area contributed by atoms with E-state index in [0.717, 1.165) is 71.6 Å². The minimum absolute atomic E-state index is 0.159. The highest BCUT2D eigenvalue weighted by Crippen LogP contribution is 2.18. The predicted molar refractivity (Wildman–Crippen MR) is 99.9 cm³/mol. The van der Waals surface area contributed by atoms with E-state index in [1.165, 1.54) is 19.3 Å². The number of nitrogens with zero attached hydrogens (tertiary/aromatic N) is 2. The third kappa shape index (κ3) is 6.12. The summed E-state index contributed by atoms with van der Waals surface area (Å²) < 4.78 is 5.41. The van der Waals surface area contributed by atoms with Gasteiger partial charge < -0.3 is 20.3 Å². The van der Waals surface area contributed by atoms with Gasteiger partial charge in [0, 0.05) is 50.8 Å². The quantitative estimate of drug-likeness (QED) is 0.792. The average molecular weight is 353 g/mol. The molecular formula is C19H36N4O2. The van der Waals surface area contributed by atoms with Crippen molar-refractivity contribution >= 4 is 6.03 Å². The summed E-state index contributed by atoms with van der Waals surface area (Å²) >= 11 is 0. The van der Waals surface area contributed by atoms with Crippen LogP contribution in [0, 0.1) is 0 Å². The van der Waals surface area contributed by atoms with Crippen LogP contribution in [0.3, 0.4) is 0 Å². The van der Waals surface area contributed by atoms with Gasteiger partial charge in [-0.1, -0.05) is 19.3 Å². The van der Waals surface area contributed by atoms with Crippen LogP contribution in [0.25, 0.3) is 0 Å². The maximum atomic E-state index is 12.4. The van der Waals surface area contributed by atoms with E-state index in [2.05, 4.69) is 22.5 Å². The third-order valence-corrected chi connectivity index (χ3v) is 5.87. The zero-order chi connectivity index (χ0) is 17.5. The molecule has 144 valence electrons. The molecule has 0 radical (unpaired) electrons. The van der Waals surface area contributed by atoms with Crippen LogP contribution in [0.5, 0.6) is 0 Å². The molecule has 0 spiro atoms. The van der Waals surface area contributed by atoms with E-state index in [0.29, 0.717) is 18.1 Å². The maximum absolute atomic E-state index is 12.4. The SMILES string of the molecule is CC(CN1CCOCC1)NC1CCN(C(=O)NC2CCCCC2)CC1. The average Bonchev–Trinajstić information content (AvgIpc) is 2.64. The number of nitrogens with one attached hydrogen (secondary N) is 2. The van der Waals surface area contributed by atoms with Crippen molar-refractivity contribution in [3.8, 4) is 0 Å². The van der Waals surface area contributed by atoms with E-state index in [4.69, 9.17) is 4.74 Å². The monoisotopic (exact) mass is 352 g/mol. The van der Waals surface area contributed by atoms with Crippen LogP contribution in [0.1, 0.15) is 51.9 Å². The molecule has 1 unspecified atom stereocenters. The maximum Gasteiger partial charge on any atom is 0.317 e. The number of hydrogen-bond acceptors (Lipinski definition) is 4. The molecule has 2 N–H and O–H groups in total. The van der Waals surface area contributed by atoms with Gasteiger partial charge in [-0.25, -0.2) is 4.79 Å². The fourth-order valence-corrected chi connectivity index (χ4v) is 4.39. The second kappa shape index (κ2) is 9.74. The lowest BCUT2D eigenvalue weighted by Gasteiger charge is -2.36. The van der Waals surface area contributed by atoms with Crippen LogP contribution in [0.4, 0.5) is 4.79 Å². The van der Waals surface area contributed by atoms with E-state index >= 15 is 0 Å². The molecule has 2 aliphatic heterocycles. The minimum Gasteiger partial charge on any atom is -0.379 e. The molecule has 2 heterocycles. The number of likely N-dealkylation sites (tertiary alicyclic amines) is 1. The Morgan fingerprint density at radius 3 is 2.36 bits per heavy atom. The Balaban J connectivity index is 1.32. The highest BCUT2D eigenvalue weighted by molar-refractivity contribution is 5.74. The first-order valence-electron chi connectivity index (χ1n) is 10.3. The fraction of sp³-hybridized carbons (Fsp3) is 0.947. The molecule has 0 aromatic carbocycles. The molecule has 25 heavy (non-hydrogen) atoms. The Labute approximate surface area is 152 Å². The van der Waals surface area contributed by atoms with Gasteiger partial charge in [-0.05, 0) is 32.6 Å². The molecule has 6 nitrogen and oxygen atoms in total. The molecule has 1 atom stereocenters. The smallest absolute Gasteiger partial charge is 0.317 e. The van der Waals surface area contributed by atoms with Crippen LogP contribution < -0.4 is 10.6 Å². The van der Waals surface area contributed by atoms with Crippen LogP contribution in [0.2, 0.25) is 0 Å². The molecular weight excluding hydrogens is 316 g/mol. The van der Waals surface area contributed by atoms with Gasteiger partial charge in [-0.2, -0.15) is 0 Å². The number of amides is 2. The highest BCUT2D eigenvalue weighted by atomic mass is 16.5. The number of hydrogen-bond donors (Lipinski definition) is 2. The van der Waals surface area contributed by atoms with Crippen molar-refractivity contribution in [1.29, 1.82) is 0 Å². The first-order valence-corrected chi connectivity index (χ1v) is 10.3. The largest absolute Gasteiger partial charge is 0.379 e. The van der Waals surface area contributed by atoms with Crippen LogP contribution in [-0.2, 0) is 4.74 Å². The Kier molecular flexibility index (Phi) is 7.37. The van der Waals surface area contributed by atoms with E-state index in [1.54, 1.807) is 0 Å². The fourth-order valence-electron chi connectivity index (χ4n) is 4.39. The standard InChI is InChI=1S/C19H36N4O2/c1-16(15-22-11-13-25-14-12-22)20-18-7-9-23(10-8-18)19(24)21-17-5-3-2-4-6-17/h16-18,20H,2-15H2,1H3,(H,21,24). The van der Waals surface area contributed by atoms with Crippen molar-refractivity contribution in [1.82, 2.24) is 20.4 Å². The second-order valence-corrected chi connectivity index (χ2v) is 8.03. The predicted octanol–water partition coefficient (Wildman–Crippen LogP) is 1.80. The molecule has 2 amide bonds. The Hall–Kier alpha value is -0.850. The van der Waals surface area contributed by atoms with Gasteiger partial charge >= 0.3 is 6.03 Å². The molecule has 1 aliphatic carbocycles. The van der Waals surface area contributed by atoms with Gasteiger partial charge in [0.25, 0.3) is 0 Å². The number of rotatable bonds is 5. The van der Waals surface area contributed by atoms with E-state index in [-0.39, 0.29) is 6.03 Å². The van der Waals surface area contributed by atoms with Crippen LogP contribution in [-0.4, -0.2) is 79.9 Å². The molecule has 0 aromatic heterocycles. The molecule has 3 fully saturated rings. The Morgan fingerprint density at radius 1 is 1.00 bits per heavy atom. The summed E-state index contributed by atoms with van der Waals surface area (Å²) in [5, 5.41) is 7.01. The molecule has 6 heteroatoms. The first kappa shape index (κ1) is 18.9. The Bertz CT molecular complexity index is 400. The number of piperidine rings is 1. The van der Waals surface area contributed by atoms with Gasteiger partial charge in [0.15, 0.2) is 0 Å². The Morgan fingerprint density at radius 2 is 1.68 bits per heavy atom. The number of carbonyl (C=O) groups excluding carboxylic acids is 1. The second-order valence-electron chi connectivity index (χ2n) is 8.03. The molecule has 0 aromatic rings. The van der Waals surface area contributed by atoms with Gasteiger partial charge in [0.1, 0.15) is 0 Å². The number of morpholine rings is 1. The normalized spacial score (nSPS) is 25.7. The number of carbonyl (C=O) groups is 1. The van der Waals surface area contributed by atoms with Crippen molar-refractivity contribution in [2.45, 2.75) is 70.0 Å². The van der Waals surface area contributed by atoms with E-state index in [1.807, 2.05) is 4.90 Å². The van der Waals surface area contributed by atoms with Crippen molar-refractivity contribution in [2.24, 2.45) is 0 Å². The molecule has 3 rings (SSSR count). The number of ether oxygens (including phenoxy) is 1. The van der Waals surface area contributed by atoms with Crippen molar-refractivity contribution in [3.63, 3.8) is 0 Å². The van der Waals surface area contributed by atoms with Crippen LogP contribution in [0.15, 0.2) is 0 Å². The van der Waals surface area contributed by atoms with Gasteiger partial charge in [-0.15, -0.1) is 0 Å². The summed E-state index contributed by atoms with van der Waals surface area (Å²) in [6.45, 7) is 8.93. The third-order valence-electron chi connectivity index (χ3n) is 5.87.